The molecule has 7 heteroatoms. The van der Waals surface area contributed by atoms with Crippen molar-refractivity contribution in [2.75, 3.05) is 6.54 Å². The van der Waals surface area contributed by atoms with Crippen molar-refractivity contribution in [3.63, 3.8) is 0 Å². The van der Waals surface area contributed by atoms with Crippen LogP contribution in [0.1, 0.15) is 123 Å². The summed E-state index contributed by atoms with van der Waals surface area (Å²) in [6.07, 6.45) is 42.5. The lowest BCUT2D eigenvalue weighted by atomic mass is 10.1. The van der Waals surface area contributed by atoms with Gasteiger partial charge in [-0.2, -0.15) is 0 Å². The van der Waals surface area contributed by atoms with E-state index in [4.69, 9.17) is 10.5 Å². The first kappa shape index (κ1) is 42.6. The number of aliphatic carboxylic acids is 1. The van der Waals surface area contributed by atoms with Crippen LogP contribution in [0.2, 0.25) is 0 Å². The van der Waals surface area contributed by atoms with Crippen molar-refractivity contribution in [2.45, 2.75) is 135 Å². The van der Waals surface area contributed by atoms with Crippen molar-refractivity contribution in [3.05, 3.63) is 85.1 Å². The molecular formula is C39H62N2O5. The minimum Gasteiger partial charge on any atom is -0.480 e. The molecule has 1 amide bonds. The van der Waals surface area contributed by atoms with Crippen molar-refractivity contribution in [2.24, 2.45) is 5.73 Å². The number of ether oxygens (including phenoxy) is 1. The minimum atomic E-state index is -1.03. The van der Waals surface area contributed by atoms with Crippen LogP contribution >= 0.6 is 0 Å². The molecule has 0 aromatic heterocycles. The lowest BCUT2D eigenvalue weighted by molar-refractivity contribution is -0.145. The summed E-state index contributed by atoms with van der Waals surface area (Å²) in [5.41, 5.74) is 5.45. The van der Waals surface area contributed by atoms with E-state index in [2.05, 4.69) is 79.9 Å². The third-order valence-electron chi connectivity index (χ3n) is 6.92. The van der Waals surface area contributed by atoms with E-state index in [1.807, 2.05) is 24.3 Å². The fraction of sp³-hybridized carbons (Fsp3) is 0.564. The van der Waals surface area contributed by atoms with Crippen LogP contribution in [-0.4, -0.2) is 41.6 Å². The van der Waals surface area contributed by atoms with Gasteiger partial charge in [0.2, 0.25) is 5.91 Å². The van der Waals surface area contributed by atoms with Crippen LogP contribution in [0.25, 0.3) is 0 Å². The molecular weight excluding hydrogens is 576 g/mol. The SMILES string of the molecule is CC/C=C\C/C=C\C/C=C\C/C=C\CCCCC(=O)OC(/C=C\C/C=C\CC)/C=C\CCCCCC(=O)NC(CCCN)C(=O)O. The van der Waals surface area contributed by atoms with Crippen molar-refractivity contribution in [1.29, 1.82) is 0 Å². The monoisotopic (exact) mass is 638 g/mol. The summed E-state index contributed by atoms with van der Waals surface area (Å²) in [5.74, 6) is -1.46. The molecule has 0 aromatic carbocycles. The van der Waals surface area contributed by atoms with Crippen molar-refractivity contribution in [1.82, 2.24) is 5.32 Å². The summed E-state index contributed by atoms with van der Waals surface area (Å²) in [6, 6.07) is -0.880. The molecule has 0 rings (SSSR count). The van der Waals surface area contributed by atoms with E-state index in [0.717, 1.165) is 77.0 Å². The predicted molar refractivity (Wildman–Crippen MR) is 192 cm³/mol. The van der Waals surface area contributed by atoms with Crippen LogP contribution in [0.4, 0.5) is 0 Å². The molecule has 0 fully saturated rings. The van der Waals surface area contributed by atoms with Crippen molar-refractivity contribution < 1.29 is 24.2 Å². The quantitative estimate of drug-likeness (QED) is 0.0427. The number of amides is 1. The van der Waals surface area contributed by atoms with E-state index >= 15 is 0 Å². The molecule has 0 spiro atoms. The Morgan fingerprint density at radius 1 is 0.652 bits per heavy atom. The van der Waals surface area contributed by atoms with Gasteiger partial charge in [0.15, 0.2) is 0 Å². The number of hydrogen-bond donors (Lipinski definition) is 3. The number of hydrogen-bond acceptors (Lipinski definition) is 5. The van der Waals surface area contributed by atoms with Gasteiger partial charge in [0.1, 0.15) is 12.1 Å². The van der Waals surface area contributed by atoms with Gasteiger partial charge in [0.05, 0.1) is 0 Å². The van der Waals surface area contributed by atoms with Gasteiger partial charge in [0.25, 0.3) is 0 Å². The van der Waals surface area contributed by atoms with Gasteiger partial charge in [-0.05, 0) is 109 Å². The number of allylic oxidation sites excluding steroid dienone is 12. The molecule has 0 aliphatic heterocycles. The van der Waals surface area contributed by atoms with Crippen LogP contribution < -0.4 is 11.1 Å². The Hall–Kier alpha value is -3.45. The summed E-state index contributed by atoms with van der Waals surface area (Å²) in [6.45, 7) is 4.63. The van der Waals surface area contributed by atoms with Gasteiger partial charge in [-0.3, -0.25) is 9.59 Å². The lowest BCUT2D eigenvalue weighted by Gasteiger charge is -2.13. The Balaban J connectivity index is 4.38. The molecule has 0 saturated heterocycles. The molecule has 2 atom stereocenters. The minimum absolute atomic E-state index is 0.189. The van der Waals surface area contributed by atoms with Gasteiger partial charge in [0, 0.05) is 12.8 Å². The van der Waals surface area contributed by atoms with E-state index < -0.39 is 18.1 Å². The van der Waals surface area contributed by atoms with Crippen LogP contribution in [0.15, 0.2) is 85.1 Å². The van der Waals surface area contributed by atoms with E-state index in [-0.39, 0.29) is 11.9 Å². The van der Waals surface area contributed by atoms with Crippen LogP contribution in [0.3, 0.4) is 0 Å². The number of carbonyl (C=O) groups is 3. The number of unbranched alkanes of at least 4 members (excludes halogenated alkanes) is 5. The highest BCUT2D eigenvalue weighted by Gasteiger charge is 2.18. The molecule has 0 radical (unpaired) electrons. The number of nitrogens with two attached hydrogens (primary N) is 1. The van der Waals surface area contributed by atoms with Gasteiger partial charge in [-0.1, -0.05) is 93.2 Å². The van der Waals surface area contributed by atoms with Gasteiger partial charge >= 0.3 is 11.9 Å². The molecule has 7 nitrogen and oxygen atoms in total. The van der Waals surface area contributed by atoms with E-state index in [9.17, 15) is 19.5 Å². The summed E-state index contributed by atoms with van der Waals surface area (Å²) in [4.78, 5) is 35.9. The largest absolute Gasteiger partial charge is 0.480 e. The van der Waals surface area contributed by atoms with Crippen LogP contribution in [-0.2, 0) is 19.1 Å². The molecule has 0 bridgehead atoms. The van der Waals surface area contributed by atoms with E-state index in [0.29, 0.717) is 38.6 Å². The maximum Gasteiger partial charge on any atom is 0.326 e. The molecule has 258 valence electrons. The Kier molecular flexibility index (Phi) is 30.5. The number of rotatable bonds is 29. The van der Waals surface area contributed by atoms with E-state index in [1.54, 1.807) is 0 Å². The Labute approximate surface area is 279 Å². The average Bonchev–Trinajstić information content (AvgIpc) is 3.03. The highest BCUT2D eigenvalue weighted by atomic mass is 16.5. The maximum atomic E-state index is 12.5. The molecule has 0 aromatic rings. The summed E-state index contributed by atoms with van der Waals surface area (Å²) in [5, 5.41) is 11.8. The third kappa shape index (κ3) is 29.3. The highest BCUT2D eigenvalue weighted by Crippen LogP contribution is 2.10. The number of carboxylic acid groups (broad SMARTS) is 1. The van der Waals surface area contributed by atoms with Crippen LogP contribution in [0, 0.1) is 0 Å². The average molecular weight is 639 g/mol. The first-order chi connectivity index (χ1) is 22.4. The second kappa shape index (κ2) is 32.9. The first-order valence-corrected chi connectivity index (χ1v) is 17.4. The Morgan fingerprint density at radius 2 is 1.17 bits per heavy atom. The summed E-state index contributed by atoms with van der Waals surface area (Å²) in [7, 11) is 0. The molecule has 0 heterocycles. The zero-order chi connectivity index (χ0) is 33.9. The number of carboxylic acids is 1. The standard InChI is InChI=1S/C39H62N2O5/c1-3-5-7-9-10-11-12-13-14-15-16-17-18-23-27-33-38(43)46-35(29-24-20-8-6-4-2)30-25-21-19-22-26-32-37(42)41-36(39(44)45)31-28-34-40/h5-8,10-11,13-14,16-17,24-25,29-30,35-36H,3-4,9,12,15,18-23,26-28,31-34,40H2,1-2H3,(H,41,42)(H,44,45)/b7-5-,8-6-,11-10-,14-13-,17-16-,29-24-,30-25-. The predicted octanol–water partition coefficient (Wildman–Crippen LogP) is 8.99. The Bertz CT molecular complexity index is 990. The molecule has 0 aliphatic rings. The van der Waals surface area contributed by atoms with Gasteiger partial charge in [-0.25, -0.2) is 4.79 Å². The van der Waals surface area contributed by atoms with Gasteiger partial charge in [-0.15, -0.1) is 0 Å². The smallest absolute Gasteiger partial charge is 0.326 e. The fourth-order valence-corrected chi connectivity index (χ4v) is 4.34. The molecule has 46 heavy (non-hydrogen) atoms. The van der Waals surface area contributed by atoms with Crippen molar-refractivity contribution >= 4 is 17.8 Å². The van der Waals surface area contributed by atoms with Gasteiger partial charge < -0.3 is 20.9 Å². The number of esters is 1. The molecule has 4 N–H and O–H groups in total. The maximum absolute atomic E-state index is 12.5. The fourth-order valence-electron chi connectivity index (χ4n) is 4.34. The second-order valence-electron chi connectivity index (χ2n) is 11.2. The third-order valence-corrected chi connectivity index (χ3v) is 6.92. The molecule has 0 saturated carbocycles. The van der Waals surface area contributed by atoms with Crippen molar-refractivity contribution in [3.8, 4) is 0 Å². The normalized spacial score (nSPS) is 13.8. The lowest BCUT2D eigenvalue weighted by Crippen LogP contribution is -2.40. The second-order valence-corrected chi connectivity index (χ2v) is 11.2. The highest BCUT2D eigenvalue weighted by molar-refractivity contribution is 5.83. The summed E-state index contributed by atoms with van der Waals surface area (Å²) >= 11 is 0. The zero-order valence-electron chi connectivity index (χ0n) is 28.6. The van der Waals surface area contributed by atoms with Crippen LogP contribution in [0.5, 0.6) is 0 Å². The molecule has 2 unspecified atom stereocenters. The Morgan fingerprint density at radius 3 is 1.78 bits per heavy atom. The van der Waals surface area contributed by atoms with E-state index in [1.165, 1.54) is 0 Å². The first-order valence-electron chi connectivity index (χ1n) is 17.4. The number of carbonyl (C=O) groups excluding carboxylic acids is 2. The molecule has 0 aliphatic carbocycles. The topological polar surface area (TPSA) is 119 Å². The number of nitrogens with one attached hydrogen (secondary N) is 1. The summed E-state index contributed by atoms with van der Waals surface area (Å²) < 4.78 is 5.74. The zero-order valence-corrected chi connectivity index (χ0v) is 28.6.